The molecule has 22 heavy (non-hydrogen) atoms. The van der Waals surface area contributed by atoms with Crippen molar-refractivity contribution in [2.75, 3.05) is 33.9 Å². The molecule has 7 heteroatoms. The van der Waals surface area contributed by atoms with Crippen molar-refractivity contribution in [1.29, 1.82) is 0 Å². The lowest BCUT2D eigenvalue weighted by Gasteiger charge is -2.14. The lowest BCUT2D eigenvalue weighted by atomic mass is 10.4. The fourth-order valence-electron chi connectivity index (χ4n) is 1.97. The highest BCUT2D eigenvalue weighted by molar-refractivity contribution is 7.13. The van der Waals surface area contributed by atoms with Crippen LogP contribution in [-0.2, 0) is 16.1 Å². The monoisotopic (exact) mass is 323 g/mol. The molecular formula is C15H21N3O3S. The Morgan fingerprint density at radius 2 is 2.41 bits per heavy atom. The van der Waals surface area contributed by atoms with Gasteiger partial charge in [0.2, 0.25) is 11.8 Å². The molecule has 0 unspecified atom stereocenters. The van der Waals surface area contributed by atoms with Gasteiger partial charge in [-0.3, -0.25) is 9.69 Å². The maximum Gasteiger partial charge on any atom is 0.236 e. The molecule has 0 saturated carbocycles. The van der Waals surface area contributed by atoms with Crippen molar-refractivity contribution in [3.05, 3.63) is 29.5 Å². The van der Waals surface area contributed by atoms with Crippen LogP contribution in [0.5, 0.6) is 0 Å². The zero-order chi connectivity index (χ0) is 15.8. The number of carbonyl (C=O) groups excluding carboxylic acids is 1. The summed E-state index contributed by atoms with van der Waals surface area (Å²) in [5.41, 5.74) is 0.818. The second-order valence-corrected chi connectivity index (χ2v) is 5.94. The number of rotatable bonds is 9. The zero-order valence-corrected chi connectivity index (χ0v) is 13.7. The van der Waals surface area contributed by atoms with Gasteiger partial charge in [0.1, 0.15) is 6.26 Å². The predicted octanol–water partition coefficient (Wildman–Crippen LogP) is 1.99. The van der Waals surface area contributed by atoms with Gasteiger partial charge in [-0.05, 0) is 24.9 Å². The van der Waals surface area contributed by atoms with Gasteiger partial charge < -0.3 is 14.5 Å². The molecule has 2 aromatic heterocycles. The fraction of sp³-hybridized carbons (Fsp3) is 0.467. The second-order valence-electron chi connectivity index (χ2n) is 4.99. The molecule has 2 aromatic rings. The number of ether oxygens (including phenoxy) is 1. The van der Waals surface area contributed by atoms with Gasteiger partial charge in [0, 0.05) is 26.8 Å². The molecule has 1 amide bonds. The smallest absolute Gasteiger partial charge is 0.236 e. The number of nitrogens with zero attached hydrogens (tertiary/aromatic N) is 2. The highest BCUT2D eigenvalue weighted by atomic mass is 32.1. The average molecular weight is 323 g/mol. The molecule has 1 N–H and O–H groups in total. The predicted molar refractivity (Wildman–Crippen MR) is 85.7 cm³/mol. The van der Waals surface area contributed by atoms with Crippen LogP contribution in [0.2, 0.25) is 0 Å². The number of carbonyl (C=O) groups is 1. The van der Waals surface area contributed by atoms with E-state index in [4.69, 9.17) is 9.15 Å². The number of oxazole rings is 1. The van der Waals surface area contributed by atoms with Crippen LogP contribution in [0.25, 0.3) is 10.8 Å². The van der Waals surface area contributed by atoms with Gasteiger partial charge >= 0.3 is 0 Å². The minimum Gasteiger partial charge on any atom is -0.444 e. The van der Waals surface area contributed by atoms with E-state index in [-0.39, 0.29) is 5.91 Å². The Morgan fingerprint density at radius 1 is 1.55 bits per heavy atom. The molecule has 0 saturated heterocycles. The van der Waals surface area contributed by atoms with E-state index in [9.17, 15) is 4.79 Å². The molecule has 0 aliphatic rings. The Labute approximate surface area is 134 Å². The maximum absolute atomic E-state index is 11.8. The highest BCUT2D eigenvalue weighted by Gasteiger charge is 2.11. The molecule has 6 nitrogen and oxygen atoms in total. The van der Waals surface area contributed by atoms with E-state index >= 15 is 0 Å². The van der Waals surface area contributed by atoms with Crippen LogP contribution in [0.3, 0.4) is 0 Å². The molecule has 120 valence electrons. The van der Waals surface area contributed by atoms with Gasteiger partial charge in [0.25, 0.3) is 0 Å². The summed E-state index contributed by atoms with van der Waals surface area (Å²) in [5, 5.41) is 4.84. The first kappa shape index (κ1) is 16.7. The van der Waals surface area contributed by atoms with Crippen molar-refractivity contribution in [2.45, 2.75) is 13.0 Å². The van der Waals surface area contributed by atoms with Crippen molar-refractivity contribution in [2.24, 2.45) is 0 Å². The third-order valence-electron chi connectivity index (χ3n) is 2.98. The topological polar surface area (TPSA) is 67.6 Å². The summed E-state index contributed by atoms with van der Waals surface area (Å²) in [6.07, 6.45) is 2.46. The Balaban J connectivity index is 1.75. The first-order valence-electron chi connectivity index (χ1n) is 7.11. The fourth-order valence-corrected chi connectivity index (χ4v) is 2.63. The number of hydrogen-bond acceptors (Lipinski definition) is 6. The van der Waals surface area contributed by atoms with Gasteiger partial charge in [0.15, 0.2) is 0 Å². The first-order chi connectivity index (χ1) is 10.7. The maximum atomic E-state index is 11.8. The minimum absolute atomic E-state index is 0.000535. The third kappa shape index (κ3) is 5.25. The number of likely N-dealkylation sites (N-methyl/N-ethyl adjacent to an activating group) is 1. The molecule has 0 aliphatic carbocycles. The van der Waals surface area contributed by atoms with Gasteiger partial charge in [-0.1, -0.05) is 6.07 Å². The van der Waals surface area contributed by atoms with E-state index in [0.29, 0.717) is 32.1 Å². The average Bonchev–Trinajstić information content (AvgIpc) is 3.14. The summed E-state index contributed by atoms with van der Waals surface area (Å²) in [6.45, 7) is 2.18. The molecule has 0 atom stereocenters. The number of aromatic nitrogens is 1. The van der Waals surface area contributed by atoms with Crippen molar-refractivity contribution in [3.8, 4) is 10.8 Å². The molecule has 0 aromatic carbocycles. The van der Waals surface area contributed by atoms with Crippen LogP contribution in [0.1, 0.15) is 12.1 Å². The van der Waals surface area contributed by atoms with Crippen LogP contribution in [0.15, 0.2) is 28.2 Å². The molecule has 0 aliphatic heterocycles. The van der Waals surface area contributed by atoms with Crippen LogP contribution in [-0.4, -0.2) is 49.6 Å². The molecular weight excluding hydrogens is 302 g/mol. The Bertz CT molecular complexity index is 568. The summed E-state index contributed by atoms with van der Waals surface area (Å²) in [4.78, 5) is 19.1. The summed E-state index contributed by atoms with van der Waals surface area (Å²) in [7, 11) is 3.53. The number of methoxy groups -OCH3 is 1. The second kappa shape index (κ2) is 8.67. The number of thiophene rings is 1. The molecule has 0 spiro atoms. The van der Waals surface area contributed by atoms with Crippen LogP contribution >= 0.6 is 11.3 Å². The standard InChI is InChI=1S/C15H21N3O3S/c1-18(10-14(19)16-6-4-7-20-2)9-12-11-21-15(17-12)13-5-3-8-22-13/h3,5,8,11H,4,6-7,9-10H2,1-2H3,(H,16,19). The zero-order valence-electron chi connectivity index (χ0n) is 12.9. The quantitative estimate of drug-likeness (QED) is 0.715. The Morgan fingerprint density at radius 3 is 3.14 bits per heavy atom. The van der Waals surface area contributed by atoms with E-state index in [1.165, 1.54) is 0 Å². The largest absolute Gasteiger partial charge is 0.444 e. The summed E-state index contributed by atoms with van der Waals surface area (Å²) >= 11 is 1.59. The lowest BCUT2D eigenvalue weighted by Crippen LogP contribution is -2.35. The number of hydrogen-bond donors (Lipinski definition) is 1. The van der Waals surface area contributed by atoms with Crippen molar-refractivity contribution < 1.29 is 13.9 Å². The summed E-state index contributed by atoms with van der Waals surface area (Å²) in [5.74, 6) is 0.628. The first-order valence-corrected chi connectivity index (χ1v) is 7.99. The van der Waals surface area contributed by atoms with Gasteiger partial charge in [0.05, 0.1) is 17.1 Å². The molecule has 0 radical (unpaired) electrons. The highest BCUT2D eigenvalue weighted by Crippen LogP contribution is 2.23. The van der Waals surface area contributed by atoms with Gasteiger partial charge in [-0.15, -0.1) is 11.3 Å². The van der Waals surface area contributed by atoms with Crippen molar-refractivity contribution in [1.82, 2.24) is 15.2 Å². The van der Waals surface area contributed by atoms with E-state index in [0.717, 1.165) is 17.0 Å². The number of amides is 1. The van der Waals surface area contributed by atoms with E-state index in [2.05, 4.69) is 10.3 Å². The SMILES string of the molecule is COCCCNC(=O)CN(C)Cc1coc(-c2cccs2)n1. The van der Waals surface area contributed by atoms with Crippen LogP contribution < -0.4 is 5.32 Å². The van der Waals surface area contributed by atoms with Gasteiger partial charge in [-0.25, -0.2) is 4.98 Å². The van der Waals surface area contributed by atoms with Crippen LogP contribution in [0.4, 0.5) is 0 Å². The minimum atomic E-state index is 0.000535. The van der Waals surface area contributed by atoms with Crippen LogP contribution in [0, 0.1) is 0 Å². The third-order valence-corrected chi connectivity index (χ3v) is 3.83. The number of nitrogens with one attached hydrogen (secondary N) is 1. The van der Waals surface area contributed by atoms with Gasteiger partial charge in [-0.2, -0.15) is 0 Å². The van der Waals surface area contributed by atoms with E-state index in [1.54, 1.807) is 24.7 Å². The molecule has 0 bridgehead atoms. The Hall–Kier alpha value is -1.70. The van der Waals surface area contributed by atoms with Crippen molar-refractivity contribution in [3.63, 3.8) is 0 Å². The summed E-state index contributed by atoms with van der Waals surface area (Å²) < 4.78 is 10.4. The summed E-state index contributed by atoms with van der Waals surface area (Å²) in [6, 6.07) is 3.93. The Kier molecular flexibility index (Phi) is 6.57. The normalized spacial score (nSPS) is 11.0. The van der Waals surface area contributed by atoms with Crippen molar-refractivity contribution >= 4 is 17.2 Å². The molecule has 0 fully saturated rings. The molecule has 2 heterocycles. The van der Waals surface area contributed by atoms with E-state index < -0.39 is 0 Å². The van der Waals surface area contributed by atoms with E-state index in [1.807, 2.05) is 29.5 Å². The molecule has 2 rings (SSSR count). The lowest BCUT2D eigenvalue weighted by molar-refractivity contribution is -0.122.